The van der Waals surface area contributed by atoms with Gasteiger partial charge in [-0.2, -0.15) is 0 Å². The maximum atomic E-state index is 12.3. The van der Waals surface area contributed by atoms with Crippen LogP contribution in [0.1, 0.15) is 19.2 Å². The first-order valence-corrected chi connectivity index (χ1v) is 8.26. The number of ether oxygens (including phenoxy) is 1. The molecular formula is C12H22N4O3S. The average molecular weight is 302 g/mol. The summed E-state index contributed by atoms with van der Waals surface area (Å²) in [5.41, 5.74) is 0. The summed E-state index contributed by atoms with van der Waals surface area (Å²) in [6.07, 6.45) is 2.37. The van der Waals surface area contributed by atoms with Crippen molar-refractivity contribution in [3.05, 3.63) is 12.0 Å². The monoisotopic (exact) mass is 302 g/mol. The van der Waals surface area contributed by atoms with E-state index >= 15 is 0 Å². The van der Waals surface area contributed by atoms with Crippen LogP contribution < -0.4 is 10.0 Å². The second-order valence-electron chi connectivity index (χ2n) is 4.98. The molecule has 1 aromatic rings. The number of nitrogens with one attached hydrogen (secondary N) is 2. The highest BCUT2D eigenvalue weighted by molar-refractivity contribution is 7.89. The molecule has 0 radical (unpaired) electrons. The summed E-state index contributed by atoms with van der Waals surface area (Å²) in [4.78, 5) is 4.15. The molecule has 0 aliphatic carbocycles. The van der Waals surface area contributed by atoms with Crippen molar-refractivity contribution >= 4 is 10.0 Å². The predicted octanol–water partition coefficient (Wildman–Crippen LogP) is -0.133. The van der Waals surface area contributed by atoms with Gasteiger partial charge in [-0.25, -0.2) is 18.1 Å². The highest BCUT2D eigenvalue weighted by Gasteiger charge is 2.32. The van der Waals surface area contributed by atoms with E-state index in [1.54, 1.807) is 13.3 Å². The van der Waals surface area contributed by atoms with E-state index in [-0.39, 0.29) is 17.2 Å². The van der Waals surface area contributed by atoms with Crippen LogP contribution in [0, 0.1) is 6.92 Å². The molecule has 20 heavy (non-hydrogen) atoms. The minimum absolute atomic E-state index is 0.0743. The van der Waals surface area contributed by atoms with E-state index < -0.39 is 10.0 Å². The Kier molecular flexibility index (Phi) is 4.79. The fraction of sp³-hybridized carbons (Fsp3) is 0.750. The Hall–Kier alpha value is -0.960. The lowest BCUT2D eigenvalue weighted by Gasteiger charge is -2.17. The Morgan fingerprint density at radius 1 is 1.55 bits per heavy atom. The molecule has 2 heterocycles. The number of aromatic nitrogens is 2. The van der Waals surface area contributed by atoms with Crippen molar-refractivity contribution in [2.45, 2.75) is 44.0 Å². The summed E-state index contributed by atoms with van der Waals surface area (Å²) in [6, 6.07) is -0.262. The fourth-order valence-corrected chi connectivity index (χ4v) is 3.63. The molecule has 1 fully saturated rings. The highest BCUT2D eigenvalue weighted by atomic mass is 32.2. The standard InChI is InChI=1S/C12H22N4O3S/c1-4-5-16-8-12(14-9(16)2)20(17,18)15-10-6-13-7-11(10)19-3/h8,10-11,13,15H,4-7H2,1-3H3/t10?,11-/m0/s1. The lowest BCUT2D eigenvalue weighted by Crippen LogP contribution is -2.43. The average Bonchev–Trinajstić information content (AvgIpc) is 2.97. The molecule has 2 N–H and O–H groups in total. The first kappa shape index (κ1) is 15.4. The molecule has 1 aliphatic heterocycles. The fourth-order valence-electron chi connectivity index (χ4n) is 2.36. The molecule has 1 saturated heterocycles. The lowest BCUT2D eigenvalue weighted by atomic mass is 10.2. The second kappa shape index (κ2) is 6.21. The Bertz CT molecular complexity index is 555. The smallest absolute Gasteiger partial charge is 0.259 e. The van der Waals surface area contributed by atoms with Gasteiger partial charge in [0.25, 0.3) is 10.0 Å². The van der Waals surface area contributed by atoms with Gasteiger partial charge in [-0.1, -0.05) is 6.92 Å². The Morgan fingerprint density at radius 2 is 2.30 bits per heavy atom. The number of hydrogen-bond acceptors (Lipinski definition) is 5. The molecular weight excluding hydrogens is 280 g/mol. The van der Waals surface area contributed by atoms with E-state index in [0.717, 1.165) is 13.0 Å². The predicted molar refractivity (Wildman–Crippen MR) is 75.0 cm³/mol. The van der Waals surface area contributed by atoms with E-state index in [1.165, 1.54) is 0 Å². The zero-order valence-electron chi connectivity index (χ0n) is 12.1. The van der Waals surface area contributed by atoms with Crippen LogP contribution in [0.3, 0.4) is 0 Å². The highest BCUT2D eigenvalue weighted by Crippen LogP contribution is 2.13. The molecule has 0 bridgehead atoms. The van der Waals surface area contributed by atoms with Crippen molar-refractivity contribution in [3.8, 4) is 0 Å². The molecule has 1 aromatic heterocycles. The normalized spacial score (nSPS) is 23.4. The molecule has 0 saturated carbocycles. The van der Waals surface area contributed by atoms with Crippen LogP contribution >= 0.6 is 0 Å². The Balaban J connectivity index is 2.16. The zero-order valence-corrected chi connectivity index (χ0v) is 12.9. The summed E-state index contributed by atoms with van der Waals surface area (Å²) >= 11 is 0. The molecule has 8 heteroatoms. The van der Waals surface area contributed by atoms with Crippen LogP contribution in [-0.2, 0) is 21.3 Å². The van der Waals surface area contributed by atoms with Crippen LogP contribution in [0.4, 0.5) is 0 Å². The van der Waals surface area contributed by atoms with E-state index in [0.29, 0.717) is 18.9 Å². The van der Waals surface area contributed by atoms with Gasteiger partial charge < -0.3 is 14.6 Å². The van der Waals surface area contributed by atoms with Crippen LogP contribution in [-0.4, -0.2) is 50.3 Å². The van der Waals surface area contributed by atoms with Crippen LogP contribution in [0.5, 0.6) is 0 Å². The van der Waals surface area contributed by atoms with Gasteiger partial charge in [0.05, 0.1) is 12.1 Å². The van der Waals surface area contributed by atoms with Crippen molar-refractivity contribution in [2.75, 3.05) is 20.2 Å². The van der Waals surface area contributed by atoms with Gasteiger partial charge in [-0.05, 0) is 13.3 Å². The molecule has 0 spiro atoms. The van der Waals surface area contributed by atoms with Crippen LogP contribution in [0.15, 0.2) is 11.2 Å². The third-order valence-electron chi connectivity index (χ3n) is 3.46. The third kappa shape index (κ3) is 3.20. The number of aryl methyl sites for hydroxylation is 2. The van der Waals surface area contributed by atoms with Gasteiger partial charge >= 0.3 is 0 Å². The molecule has 2 rings (SSSR count). The van der Waals surface area contributed by atoms with Crippen molar-refractivity contribution in [1.29, 1.82) is 0 Å². The summed E-state index contributed by atoms with van der Waals surface area (Å²) in [5, 5.41) is 3.18. The number of methoxy groups -OCH3 is 1. The largest absolute Gasteiger partial charge is 0.378 e. The minimum Gasteiger partial charge on any atom is -0.378 e. The maximum absolute atomic E-state index is 12.3. The molecule has 114 valence electrons. The number of sulfonamides is 1. The van der Waals surface area contributed by atoms with E-state index in [9.17, 15) is 8.42 Å². The van der Waals surface area contributed by atoms with Crippen molar-refractivity contribution in [3.63, 3.8) is 0 Å². The number of nitrogens with zero attached hydrogens (tertiary/aromatic N) is 2. The summed E-state index contributed by atoms with van der Waals surface area (Å²) in [6.45, 7) is 5.82. The van der Waals surface area contributed by atoms with Crippen LogP contribution in [0.25, 0.3) is 0 Å². The molecule has 1 unspecified atom stereocenters. The Morgan fingerprint density at radius 3 is 2.95 bits per heavy atom. The molecule has 0 aromatic carbocycles. The van der Waals surface area contributed by atoms with E-state index in [2.05, 4.69) is 15.0 Å². The molecule has 7 nitrogen and oxygen atoms in total. The van der Waals surface area contributed by atoms with E-state index in [1.807, 2.05) is 18.4 Å². The molecule has 2 atom stereocenters. The molecule has 0 amide bonds. The SMILES string of the molecule is CCCn1cc(S(=O)(=O)NC2CNC[C@@H]2OC)nc1C. The Labute approximate surface area is 119 Å². The summed E-state index contributed by atoms with van der Waals surface area (Å²) in [7, 11) is -2.03. The third-order valence-corrected chi connectivity index (χ3v) is 4.82. The lowest BCUT2D eigenvalue weighted by molar-refractivity contribution is 0.103. The van der Waals surface area contributed by atoms with Crippen LogP contribution in [0.2, 0.25) is 0 Å². The van der Waals surface area contributed by atoms with Crippen molar-refractivity contribution in [1.82, 2.24) is 19.6 Å². The van der Waals surface area contributed by atoms with Gasteiger partial charge in [-0.15, -0.1) is 0 Å². The van der Waals surface area contributed by atoms with Gasteiger partial charge in [0.15, 0.2) is 5.03 Å². The second-order valence-corrected chi connectivity index (χ2v) is 6.64. The minimum atomic E-state index is -3.61. The zero-order chi connectivity index (χ0) is 14.8. The van der Waals surface area contributed by atoms with Gasteiger partial charge in [-0.3, -0.25) is 0 Å². The van der Waals surface area contributed by atoms with Crippen molar-refractivity contribution in [2.24, 2.45) is 0 Å². The van der Waals surface area contributed by atoms with Gasteiger partial charge in [0.1, 0.15) is 5.82 Å². The van der Waals surface area contributed by atoms with Gasteiger partial charge in [0.2, 0.25) is 0 Å². The number of rotatable bonds is 6. The first-order chi connectivity index (χ1) is 9.47. The first-order valence-electron chi connectivity index (χ1n) is 6.77. The topological polar surface area (TPSA) is 85.2 Å². The number of hydrogen-bond donors (Lipinski definition) is 2. The maximum Gasteiger partial charge on any atom is 0.259 e. The summed E-state index contributed by atoms with van der Waals surface area (Å²) < 4.78 is 34.5. The quantitative estimate of drug-likeness (QED) is 0.764. The van der Waals surface area contributed by atoms with Crippen molar-refractivity contribution < 1.29 is 13.2 Å². The number of imidazole rings is 1. The summed E-state index contributed by atoms with van der Waals surface area (Å²) in [5.74, 6) is 0.708. The molecule has 1 aliphatic rings. The van der Waals surface area contributed by atoms with E-state index in [4.69, 9.17) is 4.74 Å². The van der Waals surface area contributed by atoms with Gasteiger partial charge in [0, 0.05) is 32.9 Å².